The van der Waals surface area contributed by atoms with Gasteiger partial charge in [0.15, 0.2) is 0 Å². The van der Waals surface area contributed by atoms with E-state index in [0.717, 1.165) is 31.4 Å². The molecule has 110 valence electrons. The number of carbonyl (C=O) groups is 2. The van der Waals surface area contributed by atoms with E-state index in [4.69, 9.17) is 4.74 Å². The summed E-state index contributed by atoms with van der Waals surface area (Å²) in [6.07, 6.45) is 2.55. The van der Waals surface area contributed by atoms with E-state index in [1.807, 2.05) is 19.2 Å². The van der Waals surface area contributed by atoms with Gasteiger partial charge < -0.3 is 15.4 Å². The van der Waals surface area contributed by atoms with Crippen LogP contribution in [0.4, 0.5) is 5.69 Å². The topological polar surface area (TPSA) is 67.4 Å². The molecule has 0 saturated carbocycles. The van der Waals surface area contributed by atoms with Gasteiger partial charge in [-0.25, -0.2) is 4.79 Å². The largest absolute Gasteiger partial charge is 0.465 e. The maximum atomic E-state index is 12.6. The molecule has 1 aromatic rings. The Balaban J connectivity index is 2.23. The average molecular weight is 296 g/mol. The minimum Gasteiger partial charge on any atom is -0.465 e. The first-order valence-electron chi connectivity index (χ1n) is 6.77. The predicted molar refractivity (Wildman–Crippen MR) is 79.3 cm³/mol. The number of anilines is 1. The van der Waals surface area contributed by atoms with Crippen LogP contribution in [-0.4, -0.2) is 31.1 Å². The molecule has 0 radical (unpaired) electrons. The van der Waals surface area contributed by atoms with Crippen LogP contribution in [0.15, 0.2) is 5.38 Å². The number of esters is 1. The molecule has 1 aliphatic rings. The highest BCUT2D eigenvalue weighted by Gasteiger charge is 2.39. The van der Waals surface area contributed by atoms with E-state index in [-0.39, 0.29) is 5.91 Å². The highest BCUT2D eigenvalue weighted by Crippen LogP contribution is 2.31. The summed E-state index contributed by atoms with van der Waals surface area (Å²) in [4.78, 5) is 24.7. The molecule has 1 saturated heterocycles. The summed E-state index contributed by atoms with van der Waals surface area (Å²) < 4.78 is 4.75. The van der Waals surface area contributed by atoms with Gasteiger partial charge in [0.05, 0.1) is 18.3 Å². The van der Waals surface area contributed by atoms with Crippen LogP contribution >= 0.6 is 11.3 Å². The molecule has 2 heterocycles. The summed E-state index contributed by atoms with van der Waals surface area (Å²) >= 11 is 1.29. The smallest absolute Gasteiger partial charge is 0.350 e. The Labute approximate surface area is 122 Å². The number of thiophene rings is 1. The van der Waals surface area contributed by atoms with E-state index in [0.29, 0.717) is 10.6 Å². The van der Waals surface area contributed by atoms with E-state index in [2.05, 4.69) is 10.6 Å². The Morgan fingerprint density at radius 3 is 2.85 bits per heavy atom. The lowest BCUT2D eigenvalue weighted by atomic mass is 9.93. The zero-order valence-electron chi connectivity index (χ0n) is 12.0. The number of nitrogens with one attached hydrogen (secondary N) is 2. The summed E-state index contributed by atoms with van der Waals surface area (Å²) in [5.41, 5.74) is 0.947. The van der Waals surface area contributed by atoms with Gasteiger partial charge in [-0.3, -0.25) is 4.79 Å². The van der Waals surface area contributed by atoms with Crippen molar-refractivity contribution >= 4 is 28.9 Å². The van der Waals surface area contributed by atoms with Gasteiger partial charge in [-0.15, -0.1) is 11.3 Å². The third-order valence-electron chi connectivity index (χ3n) is 3.87. The van der Waals surface area contributed by atoms with Crippen LogP contribution in [0.2, 0.25) is 0 Å². The fraction of sp³-hybridized carbons (Fsp3) is 0.571. The van der Waals surface area contributed by atoms with Crippen molar-refractivity contribution in [2.45, 2.75) is 38.6 Å². The van der Waals surface area contributed by atoms with Crippen molar-refractivity contribution in [1.29, 1.82) is 0 Å². The normalized spacial score (nSPS) is 21.8. The Morgan fingerprint density at radius 1 is 1.55 bits per heavy atom. The van der Waals surface area contributed by atoms with Crippen LogP contribution in [0.5, 0.6) is 0 Å². The van der Waals surface area contributed by atoms with Crippen molar-refractivity contribution < 1.29 is 14.3 Å². The molecule has 1 atom stereocenters. The third kappa shape index (κ3) is 2.58. The maximum absolute atomic E-state index is 12.6. The van der Waals surface area contributed by atoms with E-state index < -0.39 is 11.5 Å². The number of hydrogen-bond donors (Lipinski definition) is 2. The Hall–Kier alpha value is -1.40. The van der Waals surface area contributed by atoms with Crippen LogP contribution in [0.25, 0.3) is 0 Å². The van der Waals surface area contributed by atoms with Gasteiger partial charge in [0.25, 0.3) is 0 Å². The molecule has 0 bridgehead atoms. The second-order valence-corrected chi connectivity index (χ2v) is 5.91. The Bertz CT molecular complexity index is 518. The first-order chi connectivity index (χ1) is 9.54. The average Bonchev–Trinajstić information content (AvgIpc) is 3.07. The number of rotatable bonds is 4. The summed E-state index contributed by atoms with van der Waals surface area (Å²) in [7, 11) is 1.34. The lowest BCUT2D eigenvalue weighted by Gasteiger charge is -2.26. The quantitative estimate of drug-likeness (QED) is 0.837. The lowest BCUT2D eigenvalue weighted by molar-refractivity contribution is -0.122. The van der Waals surface area contributed by atoms with Crippen molar-refractivity contribution in [3.63, 3.8) is 0 Å². The molecular weight excluding hydrogens is 276 g/mol. The Morgan fingerprint density at radius 2 is 2.30 bits per heavy atom. The molecule has 1 unspecified atom stereocenters. The second kappa shape index (κ2) is 5.93. The molecule has 1 aromatic heterocycles. The minimum atomic E-state index is -0.512. The fourth-order valence-electron chi connectivity index (χ4n) is 2.54. The number of carbonyl (C=O) groups excluding carboxylic acids is 2. The van der Waals surface area contributed by atoms with E-state index in [1.165, 1.54) is 18.4 Å². The van der Waals surface area contributed by atoms with E-state index in [9.17, 15) is 9.59 Å². The molecule has 6 heteroatoms. The molecule has 2 rings (SSSR count). The maximum Gasteiger partial charge on any atom is 0.350 e. The van der Waals surface area contributed by atoms with Crippen LogP contribution < -0.4 is 10.6 Å². The van der Waals surface area contributed by atoms with Crippen LogP contribution in [-0.2, 0) is 9.53 Å². The molecule has 1 aliphatic heterocycles. The molecule has 1 fully saturated rings. The summed E-state index contributed by atoms with van der Waals surface area (Å²) in [6.45, 7) is 4.73. The zero-order chi connectivity index (χ0) is 14.8. The highest BCUT2D eigenvalue weighted by molar-refractivity contribution is 7.12. The molecule has 0 spiro atoms. The summed E-state index contributed by atoms with van der Waals surface area (Å²) in [6, 6.07) is 0. The number of aryl methyl sites for hydroxylation is 1. The van der Waals surface area contributed by atoms with Crippen LogP contribution in [0.3, 0.4) is 0 Å². The third-order valence-corrected chi connectivity index (χ3v) is 4.94. The minimum absolute atomic E-state index is 0.0656. The van der Waals surface area contributed by atoms with Gasteiger partial charge in [0, 0.05) is 0 Å². The number of amides is 1. The predicted octanol–water partition coefficient (Wildman–Crippen LogP) is 2.31. The Kier molecular flexibility index (Phi) is 4.45. The fourth-order valence-corrected chi connectivity index (χ4v) is 3.46. The number of methoxy groups -OCH3 is 1. The summed E-state index contributed by atoms with van der Waals surface area (Å²) in [5.74, 6) is -0.479. The van der Waals surface area contributed by atoms with Crippen LogP contribution in [0.1, 0.15) is 41.4 Å². The van der Waals surface area contributed by atoms with Gasteiger partial charge in [0.2, 0.25) is 5.91 Å². The SMILES string of the molecule is CCC1(C(=O)Nc2c(C)csc2C(=O)OC)CCCN1. The number of ether oxygens (including phenoxy) is 1. The molecule has 1 amide bonds. The van der Waals surface area contributed by atoms with Crippen molar-refractivity contribution in [1.82, 2.24) is 5.32 Å². The molecular formula is C14H20N2O3S. The van der Waals surface area contributed by atoms with Gasteiger partial charge in [-0.2, -0.15) is 0 Å². The van der Waals surface area contributed by atoms with Crippen molar-refractivity contribution in [2.75, 3.05) is 19.0 Å². The highest BCUT2D eigenvalue weighted by atomic mass is 32.1. The molecule has 20 heavy (non-hydrogen) atoms. The first-order valence-corrected chi connectivity index (χ1v) is 7.65. The zero-order valence-corrected chi connectivity index (χ0v) is 12.9. The molecule has 2 N–H and O–H groups in total. The van der Waals surface area contributed by atoms with E-state index >= 15 is 0 Å². The van der Waals surface area contributed by atoms with Gasteiger partial charge in [-0.1, -0.05) is 6.92 Å². The monoisotopic (exact) mass is 296 g/mol. The molecule has 0 aliphatic carbocycles. The van der Waals surface area contributed by atoms with Crippen molar-refractivity contribution in [2.24, 2.45) is 0 Å². The van der Waals surface area contributed by atoms with Gasteiger partial charge in [0.1, 0.15) is 4.88 Å². The standard InChI is InChI=1S/C14H20N2O3S/c1-4-14(6-5-7-15-14)13(18)16-10-9(2)8-20-11(10)12(17)19-3/h8,15H,4-7H2,1-3H3,(H,16,18). The van der Waals surface area contributed by atoms with Gasteiger partial charge >= 0.3 is 5.97 Å². The van der Waals surface area contributed by atoms with E-state index in [1.54, 1.807) is 0 Å². The number of hydrogen-bond acceptors (Lipinski definition) is 5. The van der Waals surface area contributed by atoms with Crippen molar-refractivity contribution in [3.05, 3.63) is 15.8 Å². The lowest BCUT2D eigenvalue weighted by Crippen LogP contribution is -2.50. The first kappa shape index (κ1) is 15.0. The van der Waals surface area contributed by atoms with Crippen molar-refractivity contribution in [3.8, 4) is 0 Å². The molecule has 0 aromatic carbocycles. The summed E-state index contributed by atoms with van der Waals surface area (Å²) in [5, 5.41) is 8.05. The second-order valence-electron chi connectivity index (χ2n) is 5.03. The van der Waals surface area contributed by atoms with Crippen LogP contribution in [0, 0.1) is 6.92 Å². The molecule has 5 nitrogen and oxygen atoms in total. The van der Waals surface area contributed by atoms with Gasteiger partial charge in [-0.05, 0) is 43.7 Å².